The molecule has 12 nitrogen and oxygen atoms in total. The van der Waals surface area contributed by atoms with Crippen LogP contribution in [-0.2, 0) is 12.5 Å². The second kappa shape index (κ2) is 10.1. The molecule has 0 radical (unpaired) electrons. The van der Waals surface area contributed by atoms with Crippen molar-refractivity contribution in [3.63, 3.8) is 0 Å². The van der Waals surface area contributed by atoms with Gasteiger partial charge in [0, 0.05) is 24.7 Å². The minimum Gasteiger partial charge on any atom is -0.394 e. The van der Waals surface area contributed by atoms with Gasteiger partial charge in [-0.25, -0.2) is 9.97 Å². The number of piperidine rings is 3. The second-order valence-electron chi connectivity index (χ2n) is 10.9. The fraction of sp³-hybridized carbons (Fsp3) is 0.345. The van der Waals surface area contributed by atoms with E-state index < -0.39 is 0 Å². The van der Waals surface area contributed by atoms with E-state index >= 15 is 0 Å². The monoisotopic (exact) mass is 553 g/mol. The molecule has 4 N–H and O–H groups in total. The van der Waals surface area contributed by atoms with Crippen LogP contribution < -0.4 is 16.2 Å². The molecule has 7 heterocycles. The van der Waals surface area contributed by atoms with Crippen LogP contribution >= 0.6 is 0 Å². The van der Waals surface area contributed by atoms with E-state index in [2.05, 4.69) is 35.8 Å². The molecule has 3 aliphatic heterocycles. The highest BCUT2D eigenvalue weighted by Gasteiger charge is 2.44. The highest BCUT2D eigenvalue weighted by molar-refractivity contribution is 5.79. The van der Waals surface area contributed by atoms with Crippen LogP contribution in [-0.4, -0.2) is 66.1 Å². The topological polar surface area (TPSA) is 150 Å². The second-order valence-corrected chi connectivity index (χ2v) is 10.9. The van der Waals surface area contributed by atoms with Gasteiger partial charge in [0.1, 0.15) is 11.6 Å². The van der Waals surface area contributed by atoms with Crippen molar-refractivity contribution in [2.75, 3.05) is 36.9 Å². The Morgan fingerprint density at radius 1 is 1.07 bits per heavy atom. The zero-order valence-corrected chi connectivity index (χ0v) is 22.7. The lowest BCUT2D eigenvalue weighted by atomic mass is 9.71. The largest absolute Gasteiger partial charge is 0.394 e. The van der Waals surface area contributed by atoms with Crippen LogP contribution in [0, 0.1) is 0 Å². The Hall–Kier alpha value is -4.55. The van der Waals surface area contributed by atoms with Gasteiger partial charge < -0.3 is 25.2 Å². The molecule has 0 aliphatic carbocycles. The van der Waals surface area contributed by atoms with E-state index in [-0.39, 0.29) is 23.6 Å². The average Bonchev–Trinajstić information content (AvgIpc) is 3.62. The van der Waals surface area contributed by atoms with Crippen LogP contribution in [0.3, 0.4) is 0 Å². The Morgan fingerprint density at radius 3 is 2.61 bits per heavy atom. The molecule has 210 valence electrons. The van der Waals surface area contributed by atoms with E-state index in [1.807, 2.05) is 36.4 Å². The number of aryl methyl sites for hydroxylation is 1. The molecule has 5 aromatic rings. The molecule has 3 aliphatic rings. The van der Waals surface area contributed by atoms with Gasteiger partial charge in [0.2, 0.25) is 0 Å². The van der Waals surface area contributed by atoms with Crippen molar-refractivity contribution in [2.24, 2.45) is 7.05 Å². The van der Waals surface area contributed by atoms with Gasteiger partial charge in [0.15, 0.2) is 11.5 Å². The maximum absolute atomic E-state index is 12.1. The lowest BCUT2D eigenvalue weighted by Crippen LogP contribution is -2.51. The summed E-state index contributed by atoms with van der Waals surface area (Å²) >= 11 is 0. The van der Waals surface area contributed by atoms with Crippen molar-refractivity contribution in [1.82, 2.24) is 34.8 Å². The minimum atomic E-state index is -0.377. The first-order chi connectivity index (χ1) is 20.0. The maximum Gasteiger partial charge on any atom is 0.273 e. The molecule has 0 amide bonds. The molecule has 3 fully saturated rings. The number of nitrogens with one attached hydrogen (secondary N) is 3. The van der Waals surface area contributed by atoms with Crippen molar-refractivity contribution in [1.29, 1.82) is 0 Å². The summed E-state index contributed by atoms with van der Waals surface area (Å²) in [6.07, 6.45) is 4.78. The van der Waals surface area contributed by atoms with Crippen molar-refractivity contribution in [3.05, 3.63) is 76.5 Å². The van der Waals surface area contributed by atoms with E-state index in [0.717, 1.165) is 50.3 Å². The fourth-order valence-corrected chi connectivity index (χ4v) is 5.98. The Morgan fingerprint density at radius 2 is 1.85 bits per heavy atom. The summed E-state index contributed by atoms with van der Waals surface area (Å²) in [6.45, 7) is 3.06. The quantitative estimate of drug-likeness (QED) is 0.225. The summed E-state index contributed by atoms with van der Waals surface area (Å²) in [5, 5.41) is 24.7. The molecule has 0 spiro atoms. The third-order valence-electron chi connectivity index (χ3n) is 8.43. The number of benzene rings is 1. The van der Waals surface area contributed by atoms with E-state index in [0.29, 0.717) is 39.8 Å². The molecular weight excluding hydrogens is 522 g/mol. The lowest BCUT2D eigenvalue weighted by molar-refractivity contribution is 0.0747. The third-order valence-corrected chi connectivity index (χ3v) is 8.43. The highest BCUT2D eigenvalue weighted by atomic mass is 16.5. The summed E-state index contributed by atoms with van der Waals surface area (Å²) in [5.41, 5.74) is 2.55. The van der Waals surface area contributed by atoms with Crippen LogP contribution in [0.15, 0.2) is 64.0 Å². The highest BCUT2D eigenvalue weighted by Crippen LogP contribution is 2.42. The number of hydrogen-bond acceptors (Lipinski definition) is 10. The summed E-state index contributed by atoms with van der Waals surface area (Å²) < 4.78 is 7.43. The fourth-order valence-electron chi connectivity index (χ4n) is 5.98. The number of hydrogen-bond donors (Lipinski definition) is 4. The minimum absolute atomic E-state index is 0.0423. The molecule has 12 heteroatoms. The Labute approximate surface area is 235 Å². The van der Waals surface area contributed by atoms with Crippen LogP contribution in [0.4, 0.5) is 17.3 Å². The maximum atomic E-state index is 12.1. The van der Waals surface area contributed by atoms with Crippen LogP contribution in [0.25, 0.3) is 22.5 Å². The number of H-pyrrole nitrogens is 1. The van der Waals surface area contributed by atoms with Crippen molar-refractivity contribution in [2.45, 2.75) is 30.7 Å². The predicted molar refractivity (Wildman–Crippen MR) is 154 cm³/mol. The zero-order chi connectivity index (χ0) is 28.0. The smallest absolute Gasteiger partial charge is 0.273 e. The van der Waals surface area contributed by atoms with Gasteiger partial charge in [-0.05, 0) is 56.6 Å². The number of aliphatic hydroxyl groups excluding tert-OH is 1. The number of aromatic amines is 1. The molecule has 41 heavy (non-hydrogen) atoms. The molecule has 8 rings (SSSR count). The predicted octanol–water partition coefficient (Wildman–Crippen LogP) is 3.33. The summed E-state index contributed by atoms with van der Waals surface area (Å²) in [5.74, 6) is 2.20. The molecule has 2 bridgehead atoms. The number of aromatic nitrogens is 6. The number of pyridine rings is 2. The molecule has 0 saturated carbocycles. The van der Waals surface area contributed by atoms with Gasteiger partial charge in [0.05, 0.1) is 29.3 Å². The van der Waals surface area contributed by atoms with E-state index in [4.69, 9.17) is 9.51 Å². The van der Waals surface area contributed by atoms with Gasteiger partial charge in [-0.3, -0.25) is 14.6 Å². The van der Waals surface area contributed by atoms with Gasteiger partial charge in [0.25, 0.3) is 11.4 Å². The summed E-state index contributed by atoms with van der Waals surface area (Å²) in [6, 6.07) is 14.7. The van der Waals surface area contributed by atoms with Gasteiger partial charge >= 0.3 is 0 Å². The van der Waals surface area contributed by atoms with Gasteiger partial charge in [-0.1, -0.05) is 35.5 Å². The van der Waals surface area contributed by atoms with Crippen molar-refractivity contribution in [3.8, 4) is 11.5 Å². The number of rotatable bonds is 8. The first-order valence-corrected chi connectivity index (χ1v) is 13.8. The van der Waals surface area contributed by atoms with E-state index in [9.17, 15) is 9.90 Å². The molecule has 0 unspecified atom stereocenters. The molecule has 1 atom stereocenters. The third kappa shape index (κ3) is 4.64. The van der Waals surface area contributed by atoms with E-state index in [1.165, 1.54) is 0 Å². The first-order valence-electron chi connectivity index (χ1n) is 13.8. The molecule has 1 aromatic carbocycles. The number of fused-ring (bicyclic) bond motifs is 4. The van der Waals surface area contributed by atoms with Crippen LogP contribution in [0.5, 0.6) is 0 Å². The van der Waals surface area contributed by atoms with Crippen molar-refractivity contribution < 1.29 is 9.63 Å². The number of nitrogens with zero attached hydrogens (tertiary/aromatic N) is 6. The molecular formula is C29H31N9O3. The Kier molecular flexibility index (Phi) is 6.28. The van der Waals surface area contributed by atoms with Crippen LogP contribution in [0.1, 0.15) is 36.7 Å². The Bertz CT molecular complexity index is 1740. The van der Waals surface area contributed by atoms with E-state index in [1.54, 1.807) is 30.1 Å². The average molecular weight is 554 g/mol. The molecule has 3 saturated heterocycles. The molecule has 4 aromatic heterocycles. The number of anilines is 3. The Balaban J connectivity index is 1.24. The standard InChI is InChI=1S/C29H31N9O3/c1-37-25-19(26(40)35-37)7-8-23(33-25)32-24-15-21(31-22(17-39)18-5-3-2-4-6-18)20(16-30-24)27-34-28(36-41-27)29-9-12-38(13-10-29)14-11-29/h2-8,15-16,22,39H,9-14,17H2,1H3,(H,35,40)(H2,30,31,32,33)/t22-/m1/s1. The zero-order valence-electron chi connectivity index (χ0n) is 22.7. The summed E-state index contributed by atoms with van der Waals surface area (Å²) in [4.78, 5) is 28.7. The first kappa shape index (κ1) is 25.4. The van der Waals surface area contributed by atoms with Crippen molar-refractivity contribution >= 4 is 28.4 Å². The summed E-state index contributed by atoms with van der Waals surface area (Å²) in [7, 11) is 1.74. The van der Waals surface area contributed by atoms with Gasteiger partial charge in [-0.15, -0.1) is 0 Å². The van der Waals surface area contributed by atoms with Gasteiger partial charge in [-0.2, -0.15) is 4.98 Å². The number of aliphatic hydroxyl groups is 1. The normalized spacial score (nSPS) is 20.8. The van der Waals surface area contributed by atoms with Crippen LogP contribution in [0.2, 0.25) is 0 Å². The lowest BCUT2D eigenvalue weighted by Gasteiger charge is -2.46. The SMILES string of the molecule is Cn1[nH]c(=O)c2ccc(Nc3cc(N[C@H](CO)c4ccccc4)c(-c4nc(C56CCN(CC5)CC6)no4)cn3)nc21.